The molecule has 1 atom stereocenters. The zero-order valence-electron chi connectivity index (χ0n) is 17.5. The Labute approximate surface area is 180 Å². The fourth-order valence-corrected chi connectivity index (χ4v) is 4.68. The number of benzene rings is 1. The molecule has 1 fully saturated rings. The number of carbonyl (C=O) groups is 1. The van der Waals surface area contributed by atoms with Crippen molar-refractivity contribution in [2.24, 2.45) is 11.8 Å². The Bertz CT molecular complexity index is 1070. The Morgan fingerprint density at radius 1 is 1.27 bits per heavy atom. The first-order chi connectivity index (χ1) is 14.5. The average molecular weight is 425 g/mol. The Kier molecular flexibility index (Phi) is 6.18. The van der Waals surface area contributed by atoms with Gasteiger partial charge in [0.25, 0.3) is 5.56 Å². The van der Waals surface area contributed by atoms with Crippen LogP contribution in [-0.2, 0) is 11.3 Å². The van der Waals surface area contributed by atoms with E-state index in [1.807, 2.05) is 41.8 Å². The highest BCUT2D eigenvalue weighted by atomic mass is 32.1. The summed E-state index contributed by atoms with van der Waals surface area (Å²) in [7, 11) is 0. The highest BCUT2D eigenvalue weighted by Crippen LogP contribution is 2.25. The number of thiophene rings is 1. The van der Waals surface area contributed by atoms with E-state index in [0.29, 0.717) is 36.2 Å². The molecule has 0 aliphatic carbocycles. The maximum atomic E-state index is 13.3. The second-order valence-electron chi connectivity index (χ2n) is 8.35. The highest BCUT2D eigenvalue weighted by molar-refractivity contribution is 7.17. The van der Waals surface area contributed by atoms with Crippen LogP contribution in [0.25, 0.3) is 10.2 Å². The van der Waals surface area contributed by atoms with Gasteiger partial charge in [-0.25, -0.2) is 4.98 Å². The minimum atomic E-state index is -0.0854. The quantitative estimate of drug-likeness (QED) is 0.658. The molecule has 1 aliphatic rings. The van der Waals surface area contributed by atoms with Gasteiger partial charge >= 0.3 is 0 Å². The van der Waals surface area contributed by atoms with Crippen molar-refractivity contribution in [3.63, 3.8) is 0 Å². The summed E-state index contributed by atoms with van der Waals surface area (Å²) in [6.45, 7) is 6.72. The predicted molar refractivity (Wildman–Crippen MR) is 122 cm³/mol. The fourth-order valence-electron chi connectivity index (χ4n) is 3.90. The van der Waals surface area contributed by atoms with Crippen LogP contribution in [-0.4, -0.2) is 35.1 Å². The number of piperidine rings is 1. The van der Waals surface area contributed by atoms with Gasteiger partial charge in [-0.15, -0.1) is 11.3 Å². The third-order valence-corrected chi connectivity index (χ3v) is 6.38. The average Bonchev–Trinajstić information content (AvgIpc) is 3.23. The van der Waals surface area contributed by atoms with E-state index in [9.17, 15) is 9.59 Å². The van der Waals surface area contributed by atoms with E-state index < -0.39 is 0 Å². The van der Waals surface area contributed by atoms with Crippen LogP contribution in [0.2, 0.25) is 0 Å². The molecule has 0 unspecified atom stereocenters. The fraction of sp³-hybridized carbons (Fsp3) is 0.435. The van der Waals surface area contributed by atoms with Crippen LogP contribution in [0.3, 0.4) is 0 Å². The molecule has 30 heavy (non-hydrogen) atoms. The summed E-state index contributed by atoms with van der Waals surface area (Å²) in [5.41, 5.74) is 1.78. The van der Waals surface area contributed by atoms with Crippen LogP contribution in [0.1, 0.15) is 32.3 Å². The van der Waals surface area contributed by atoms with Crippen LogP contribution in [0.5, 0.6) is 0 Å². The summed E-state index contributed by atoms with van der Waals surface area (Å²) < 4.78 is 2.45. The number of nitrogens with zero attached hydrogens (tertiary/aromatic N) is 3. The third-order valence-electron chi connectivity index (χ3n) is 5.49. The van der Waals surface area contributed by atoms with E-state index in [2.05, 4.69) is 24.1 Å². The zero-order chi connectivity index (χ0) is 21.1. The molecule has 1 aromatic carbocycles. The van der Waals surface area contributed by atoms with Gasteiger partial charge in [-0.05, 0) is 35.8 Å². The number of hydrogen-bond acceptors (Lipinski definition) is 5. The number of amides is 1. The second kappa shape index (κ2) is 9.00. The van der Waals surface area contributed by atoms with Crippen molar-refractivity contribution in [1.82, 2.24) is 14.9 Å². The number of fused-ring (bicyclic) bond motifs is 1. The first kappa shape index (κ1) is 20.6. The third kappa shape index (κ3) is 4.41. The normalized spacial score (nSPS) is 16.9. The van der Waals surface area contributed by atoms with Crippen molar-refractivity contribution in [3.05, 3.63) is 57.7 Å². The largest absolute Gasteiger partial charge is 0.356 e. The summed E-state index contributed by atoms with van der Waals surface area (Å²) in [5.74, 6) is 1.10. The molecule has 3 aromatic rings. The van der Waals surface area contributed by atoms with Gasteiger partial charge in [0.15, 0.2) is 0 Å². The van der Waals surface area contributed by atoms with E-state index in [4.69, 9.17) is 4.98 Å². The van der Waals surface area contributed by atoms with E-state index in [1.165, 1.54) is 11.3 Å². The van der Waals surface area contributed by atoms with E-state index in [-0.39, 0.29) is 17.4 Å². The van der Waals surface area contributed by atoms with E-state index in [1.54, 1.807) is 4.57 Å². The Hall–Kier alpha value is -2.67. The number of hydrogen-bond donors (Lipinski definition) is 1. The Balaban J connectivity index is 1.66. The summed E-state index contributed by atoms with van der Waals surface area (Å²) in [5, 5.41) is 4.97. The monoisotopic (exact) mass is 424 g/mol. The van der Waals surface area contributed by atoms with Crippen LogP contribution in [0, 0.1) is 11.8 Å². The number of rotatable bonds is 6. The first-order valence-electron chi connectivity index (χ1n) is 10.6. The van der Waals surface area contributed by atoms with Gasteiger partial charge in [0.05, 0.1) is 18.0 Å². The zero-order valence-corrected chi connectivity index (χ0v) is 18.3. The van der Waals surface area contributed by atoms with Gasteiger partial charge in [-0.2, -0.15) is 0 Å². The molecular formula is C23H28N4O2S. The second-order valence-corrected chi connectivity index (χ2v) is 9.26. The van der Waals surface area contributed by atoms with Crippen molar-refractivity contribution in [2.45, 2.75) is 33.2 Å². The van der Waals surface area contributed by atoms with Crippen molar-refractivity contribution in [1.29, 1.82) is 0 Å². The van der Waals surface area contributed by atoms with Crippen LogP contribution in [0.4, 0.5) is 5.95 Å². The van der Waals surface area contributed by atoms with Gasteiger partial charge in [-0.3, -0.25) is 14.2 Å². The predicted octanol–water partition coefficient (Wildman–Crippen LogP) is 3.49. The van der Waals surface area contributed by atoms with Gasteiger partial charge < -0.3 is 10.2 Å². The minimum absolute atomic E-state index is 0.0137. The maximum Gasteiger partial charge on any atom is 0.273 e. The lowest BCUT2D eigenvalue weighted by atomic mass is 9.97. The maximum absolute atomic E-state index is 13.3. The number of nitrogens with one attached hydrogen (secondary N) is 1. The summed E-state index contributed by atoms with van der Waals surface area (Å²) >= 11 is 1.43. The lowest BCUT2D eigenvalue weighted by molar-refractivity contribution is -0.125. The first-order valence-corrected chi connectivity index (χ1v) is 11.5. The van der Waals surface area contributed by atoms with Crippen molar-refractivity contribution >= 4 is 33.4 Å². The SMILES string of the molecule is CC(C)CNC(=O)[C@H]1CCCN(c2nc3ccsc3c(=O)n2Cc2ccccc2)C1. The van der Waals surface area contributed by atoms with Crippen LogP contribution in [0.15, 0.2) is 46.6 Å². The van der Waals surface area contributed by atoms with Crippen molar-refractivity contribution in [2.75, 3.05) is 24.5 Å². The van der Waals surface area contributed by atoms with Crippen molar-refractivity contribution in [3.8, 4) is 0 Å². The Morgan fingerprint density at radius 3 is 2.83 bits per heavy atom. The summed E-state index contributed by atoms with van der Waals surface area (Å²) in [6.07, 6.45) is 1.77. The number of carbonyl (C=O) groups excluding carboxylic acids is 1. The minimum Gasteiger partial charge on any atom is -0.356 e. The van der Waals surface area contributed by atoms with Gasteiger partial charge in [0, 0.05) is 19.6 Å². The highest BCUT2D eigenvalue weighted by Gasteiger charge is 2.28. The molecule has 6 nitrogen and oxygen atoms in total. The smallest absolute Gasteiger partial charge is 0.273 e. The molecule has 1 saturated heterocycles. The van der Waals surface area contributed by atoms with Gasteiger partial charge in [-0.1, -0.05) is 44.2 Å². The molecule has 0 spiro atoms. The lowest BCUT2D eigenvalue weighted by Gasteiger charge is -2.34. The molecule has 2 aromatic heterocycles. The molecule has 7 heteroatoms. The molecule has 3 heterocycles. The molecule has 0 saturated carbocycles. The molecular weight excluding hydrogens is 396 g/mol. The molecule has 158 valence electrons. The molecule has 1 amide bonds. The van der Waals surface area contributed by atoms with Crippen LogP contribution < -0.4 is 15.8 Å². The topological polar surface area (TPSA) is 67.2 Å². The van der Waals surface area contributed by atoms with Gasteiger partial charge in [0.1, 0.15) is 4.70 Å². The Morgan fingerprint density at radius 2 is 2.07 bits per heavy atom. The van der Waals surface area contributed by atoms with Crippen molar-refractivity contribution < 1.29 is 4.79 Å². The molecule has 1 aliphatic heterocycles. The number of anilines is 1. The molecule has 4 rings (SSSR count). The van der Waals surface area contributed by atoms with E-state index >= 15 is 0 Å². The number of aromatic nitrogens is 2. The van der Waals surface area contributed by atoms with Gasteiger partial charge in [0.2, 0.25) is 11.9 Å². The standard InChI is InChI=1S/C23H28N4O2S/c1-16(2)13-24-21(28)18-9-6-11-26(15-18)23-25-19-10-12-30-20(19)22(29)27(23)14-17-7-4-3-5-8-17/h3-5,7-8,10,12,16,18H,6,9,11,13-15H2,1-2H3,(H,24,28)/t18-/m0/s1. The summed E-state index contributed by atoms with van der Waals surface area (Å²) in [6, 6.07) is 11.9. The van der Waals surface area contributed by atoms with E-state index in [0.717, 1.165) is 30.5 Å². The molecule has 0 radical (unpaired) electrons. The molecule has 1 N–H and O–H groups in total. The molecule has 0 bridgehead atoms. The summed E-state index contributed by atoms with van der Waals surface area (Å²) in [4.78, 5) is 32.9. The lowest BCUT2D eigenvalue weighted by Crippen LogP contribution is -2.45. The van der Waals surface area contributed by atoms with Crippen LogP contribution >= 0.6 is 11.3 Å².